The first-order valence-electron chi connectivity index (χ1n) is 7.94. The van der Waals surface area contributed by atoms with E-state index in [9.17, 15) is 4.79 Å². The lowest BCUT2D eigenvalue weighted by atomic mass is 9.85. The van der Waals surface area contributed by atoms with Gasteiger partial charge in [0.1, 0.15) is 0 Å². The first-order valence-corrected chi connectivity index (χ1v) is 7.94. The zero-order valence-corrected chi connectivity index (χ0v) is 12.3. The first kappa shape index (κ1) is 13.5. The predicted molar refractivity (Wildman–Crippen MR) is 82.2 cm³/mol. The number of hydrogen-bond donors (Lipinski definition) is 1. The fourth-order valence-corrected chi connectivity index (χ4v) is 3.13. The second-order valence-corrected chi connectivity index (χ2v) is 6.04. The monoisotopic (exact) mass is 272 g/mol. The van der Waals surface area contributed by atoms with E-state index in [0.717, 1.165) is 44.0 Å². The molecule has 1 heterocycles. The van der Waals surface area contributed by atoms with Crippen molar-refractivity contribution in [2.24, 2.45) is 5.92 Å². The summed E-state index contributed by atoms with van der Waals surface area (Å²) >= 11 is 0. The number of carbonyl (C=O) groups is 1. The lowest BCUT2D eigenvalue weighted by molar-refractivity contribution is 0.0706. The standard InChI is InChI=1S/C17H24N2O/c1-2-19(12-13-5-3-6-13)17(20)15-8-9-16-14(11-15)7-4-10-18-16/h8-9,11,13,18H,2-7,10,12H2,1H3. The minimum atomic E-state index is 0.202. The highest BCUT2D eigenvalue weighted by molar-refractivity contribution is 5.95. The van der Waals surface area contributed by atoms with Crippen LogP contribution < -0.4 is 5.32 Å². The smallest absolute Gasteiger partial charge is 0.253 e. The average molecular weight is 272 g/mol. The summed E-state index contributed by atoms with van der Waals surface area (Å²) in [7, 11) is 0. The van der Waals surface area contributed by atoms with Crippen molar-refractivity contribution in [3.05, 3.63) is 29.3 Å². The molecule has 0 atom stereocenters. The van der Waals surface area contributed by atoms with Gasteiger partial charge in [0, 0.05) is 30.9 Å². The summed E-state index contributed by atoms with van der Waals surface area (Å²) in [5, 5.41) is 3.40. The van der Waals surface area contributed by atoms with Gasteiger partial charge in [0.2, 0.25) is 0 Å². The molecule has 3 rings (SSSR count). The van der Waals surface area contributed by atoms with Crippen LogP contribution in [0.4, 0.5) is 5.69 Å². The van der Waals surface area contributed by atoms with Gasteiger partial charge >= 0.3 is 0 Å². The Morgan fingerprint density at radius 2 is 2.20 bits per heavy atom. The molecule has 0 aromatic heterocycles. The zero-order valence-electron chi connectivity index (χ0n) is 12.3. The van der Waals surface area contributed by atoms with Gasteiger partial charge in [-0.2, -0.15) is 0 Å². The summed E-state index contributed by atoms with van der Waals surface area (Å²) in [4.78, 5) is 14.7. The Hall–Kier alpha value is -1.51. The summed E-state index contributed by atoms with van der Waals surface area (Å²) < 4.78 is 0. The Kier molecular flexibility index (Phi) is 3.95. The Labute approximate surface area is 121 Å². The molecule has 0 spiro atoms. The molecule has 0 saturated heterocycles. The number of carbonyl (C=O) groups excluding carboxylic acids is 1. The summed E-state index contributed by atoms with van der Waals surface area (Å²) in [6, 6.07) is 6.13. The highest BCUT2D eigenvalue weighted by atomic mass is 16.2. The van der Waals surface area contributed by atoms with Crippen molar-refractivity contribution in [3.63, 3.8) is 0 Å². The minimum Gasteiger partial charge on any atom is -0.385 e. The maximum Gasteiger partial charge on any atom is 0.253 e. The number of nitrogens with zero attached hydrogens (tertiary/aromatic N) is 1. The molecule has 0 bridgehead atoms. The average Bonchev–Trinajstić information content (AvgIpc) is 2.45. The lowest BCUT2D eigenvalue weighted by Crippen LogP contribution is -2.37. The van der Waals surface area contributed by atoms with Crippen LogP contribution in [0.2, 0.25) is 0 Å². The van der Waals surface area contributed by atoms with E-state index >= 15 is 0 Å². The number of benzene rings is 1. The Morgan fingerprint density at radius 3 is 2.90 bits per heavy atom. The van der Waals surface area contributed by atoms with Gasteiger partial charge < -0.3 is 10.2 Å². The van der Waals surface area contributed by atoms with Gasteiger partial charge in [-0.25, -0.2) is 0 Å². The molecule has 1 aromatic rings. The lowest BCUT2D eigenvalue weighted by Gasteiger charge is -2.32. The molecule has 1 N–H and O–H groups in total. The van der Waals surface area contributed by atoms with E-state index < -0.39 is 0 Å². The van der Waals surface area contributed by atoms with Gasteiger partial charge in [0.25, 0.3) is 5.91 Å². The van der Waals surface area contributed by atoms with E-state index in [4.69, 9.17) is 0 Å². The highest BCUT2D eigenvalue weighted by Crippen LogP contribution is 2.28. The third-order valence-electron chi connectivity index (χ3n) is 4.66. The van der Waals surface area contributed by atoms with Crippen LogP contribution in [0.1, 0.15) is 48.5 Å². The fourth-order valence-electron chi connectivity index (χ4n) is 3.13. The van der Waals surface area contributed by atoms with Gasteiger partial charge in [-0.15, -0.1) is 0 Å². The molecule has 1 fully saturated rings. The number of aryl methyl sites for hydroxylation is 1. The van der Waals surface area contributed by atoms with E-state index in [0.29, 0.717) is 0 Å². The largest absolute Gasteiger partial charge is 0.385 e. The van der Waals surface area contributed by atoms with Gasteiger partial charge in [0.05, 0.1) is 0 Å². The Bertz CT molecular complexity index is 494. The molecule has 20 heavy (non-hydrogen) atoms. The van der Waals surface area contributed by atoms with Crippen molar-refractivity contribution in [1.82, 2.24) is 4.90 Å². The van der Waals surface area contributed by atoms with Gasteiger partial charge in [-0.05, 0) is 62.3 Å². The van der Waals surface area contributed by atoms with Crippen molar-refractivity contribution in [2.45, 2.75) is 39.0 Å². The molecule has 2 aliphatic rings. The van der Waals surface area contributed by atoms with Crippen molar-refractivity contribution >= 4 is 11.6 Å². The van der Waals surface area contributed by atoms with Crippen molar-refractivity contribution in [1.29, 1.82) is 0 Å². The predicted octanol–water partition coefficient (Wildman–Crippen LogP) is 3.31. The van der Waals surface area contributed by atoms with Crippen LogP contribution in [0.15, 0.2) is 18.2 Å². The Balaban J connectivity index is 1.74. The number of hydrogen-bond acceptors (Lipinski definition) is 2. The van der Waals surface area contributed by atoms with Crippen LogP contribution >= 0.6 is 0 Å². The van der Waals surface area contributed by atoms with Crippen LogP contribution in [0.3, 0.4) is 0 Å². The molecule has 3 nitrogen and oxygen atoms in total. The molecule has 1 aliphatic carbocycles. The summed E-state index contributed by atoms with van der Waals surface area (Å²) in [6.45, 7) is 4.87. The first-order chi connectivity index (χ1) is 9.78. The highest BCUT2D eigenvalue weighted by Gasteiger charge is 2.24. The van der Waals surface area contributed by atoms with Crippen LogP contribution in [0, 0.1) is 5.92 Å². The maximum absolute atomic E-state index is 12.6. The molecular weight excluding hydrogens is 248 g/mol. The number of amides is 1. The van der Waals surface area contributed by atoms with Crippen molar-refractivity contribution in [2.75, 3.05) is 25.0 Å². The normalized spacial score (nSPS) is 17.9. The van der Waals surface area contributed by atoms with E-state index in [-0.39, 0.29) is 5.91 Å². The van der Waals surface area contributed by atoms with E-state index in [1.165, 1.54) is 30.5 Å². The second-order valence-electron chi connectivity index (χ2n) is 6.04. The zero-order chi connectivity index (χ0) is 13.9. The summed E-state index contributed by atoms with van der Waals surface area (Å²) in [5.74, 6) is 0.936. The van der Waals surface area contributed by atoms with Crippen molar-refractivity contribution < 1.29 is 4.79 Å². The molecule has 1 amide bonds. The van der Waals surface area contributed by atoms with Crippen LogP contribution in [-0.4, -0.2) is 30.4 Å². The molecular formula is C17H24N2O. The van der Waals surface area contributed by atoms with E-state index in [1.807, 2.05) is 11.0 Å². The van der Waals surface area contributed by atoms with Gasteiger partial charge in [-0.3, -0.25) is 4.79 Å². The van der Waals surface area contributed by atoms with Crippen LogP contribution in [0.25, 0.3) is 0 Å². The fraction of sp³-hybridized carbons (Fsp3) is 0.588. The third-order valence-corrected chi connectivity index (χ3v) is 4.66. The number of nitrogens with one attached hydrogen (secondary N) is 1. The number of anilines is 1. The molecule has 1 aromatic carbocycles. The summed E-state index contributed by atoms with van der Waals surface area (Å²) in [6.07, 6.45) is 6.15. The van der Waals surface area contributed by atoms with E-state index in [2.05, 4.69) is 24.4 Å². The molecule has 3 heteroatoms. The molecule has 0 unspecified atom stereocenters. The quantitative estimate of drug-likeness (QED) is 0.912. The SMILES string of the molecule is CCN(CC1CCC1)C(=O)c1ccc2c(c1)CCCN2. The maximum atomic E-state index is 12.6. The van der Waals surface area contributed by atoms with Crippen molar-refractivity contribution in [3.8, 4) is 0 Å². The van der Waals surface area contributed by atoms with Gasteiger partial charge in [0.15, 0.2) is 0 Å². The molecule has 108 valence electrons. The summed E-state index contributed by atoms with van der Waals surface area (Å²) in [5.41, 5.74) is 3.35. The Morgan fingerprint density at radius 1 is 1.35 bits per heavy atom. The number of rotatable bonds is 4. The van der Waals surface area contributed by atoms with Gasteiger partial charge in [-0.1, -0.05) is 6.42 Å². The van der Waals surface area contributed by atoms with Crippen LogP contribution in [-0.2, 0) is 6.42 Å². The third kappa shape index (κ3) is 2.67. The molecule has 0 radical (unpaired) electrons. The second kappa shape index (κ2) is 5.86. The van der Waals surface area contributed by atoms with E-state index in [1.54, 1.807) is 0 Å². The molecule has 1 aliphatic heterocycles. The molecule has 1 saturated carbocycles. The van der Waals surface area contributed by atoms with Crippen LogP contribution in [0.5, 0.6) is 0 Å². The number of fused-ring (bicyclic) bond motifs is 1. The topological polar surface area (TPSA) is 32.3 Å². The minimum absolute atomic E-state index is 0.202.